The average molecular weight is 474 g/mol. The first-order valence-corrected chi connectivity index (χ1v) is 9.67. The van der Waals surface area contributed by atoms with Crippen molar-refractivity contribution >= 4 is 23.4 Å². The number of esters is 1. The fraction of sp³-hybridized carbons (Fsp3) is 0.130. The van der Waals surface area contributed by atoms with Crippen LogP contribution >= 0.6 is 0 Å². The molecule has 3 aromatic rings. The number of benzene rings is 3. The van der Waals surface area contributed by atoms with Crippen molar-refractivity contribution in [3.05, 3.63) is 99.6 Å². The van der Waals surface area contributed by atoms with E-state index in [-0.39, 0.29) is 29.2 Å². The van der Waals surface area contributed by atoms with E-state index in [0.29, 0.717) is 5.56 Å². The molecular weight excluding hydrogens is 457 g/mol. The van der Waals surface area contributed by atoms with Crippen LogP contribution < -0.4 is 9.64 Å². The van der Waals surface area contributed by atoms with E-state index in [1.54, 1.807) is 0 Å². The van der Waals surface area contributed by atoms with Gasteiger partial charge in [0, 0.05) is 17.8 Å². The minimum absolute atomic E-state index is 0.0337. The number of halogens is 3. The number of nitrogens with zero attached hydrogens (tertiary/aromatic N) is 2. The third kappa shape index (κ3) is 5.88. The number of amides is 1. The number of carbonyl (C=O) groups is 2. The predicted molar refractivity (Wildman–Crippen MR) is 115 cm³/mol. The molecule has 0 aliphatic heterocycles. The number of ether oxygens (including phenoxy) is 2. The van der Waals surface area contributed by atoms with Crippen molar-refractivity contribution in [3.8, 4) is 5.75 Å². The van der Waals surface area contributed by atoms with Gasteiger partial charge in [-0.3, -0.25) is 15.0 Å². The van der Waals surface area contributed by atoms with Crippen molar-refractivity contribution in [2.75, 3.05) is 12.0 Å². The van der Waals surface area contributed by atoms with Crippen molar-refractivity contribution in [2.45, 2.75) is 12.7 Å². The van der Waals surface area contributed by atoms with Crippen LogP contribution in [0, 0.1) is 10.1 Å². The highest BCUT2D eigenvalue weighted by molar-refractivity contribution is 5.90. The van der Waals surface area contributed by atoms with Crippen molar-refractivity contribution in [2.24, 2.45) is 0 Å². The van der Waals surface area contributed by atoms with Gasteiger partial charge >= 0.3 is 18.2 Å². The molecule has 0 aliphatic carbocycles. The van der Waals surface area contributed by atoms with E-state index in [4.69, 9.17) is 4.74 Å². The van der Waals surface area contributed by atoms with Gasteiger partial charge in [-0.25, -0.2) is 9.59 Å². The number of carbonyl (C=O) groups excluding carboxylic acids is 2. The normalized spacial score (nSPS) is 10.9. The molecule has 8 nitrogen and oxygen atoms in total. The van der Waals surface area contributed by atoms with Gasteiger partial charge in [0.1, 0.15) is 5.75 Å². The first-order valence-electron chi connectivity index (χ1n) is 9.67. The van der Waals surface area contributed by atoms with Gasteiger partial charge < -0.3 is 9.47 Å². The van der Waals surface area contributed by atoms with Gasteiger partial charge in [0.15, 0.2) is 0 Å². The third-order valence-corrected chi connectivity index (χ3v) is 4.67. The van der Waals surface area contributed by atoms with Gasteiger partial charge in [0.25, 0.3) is 5.69 Å². The van der Waals surface area contributed by atoms with E-state index in [2.05, 4.69) is 4.74 Å². The summed E-state index contributed by atoms with van der Waals surface area (Å²) in [5, 5.41) is 10.8. The maximum Gasteiger partial charge on any atom is 0.420 e. The van der Waals surface area contributed by atoms with Crippen LogP contribution in [0.5, 0.6) is 5.75 Å². The molecule has 0 fully saturated rings. The molecule has 0 heterocycles. The van der Waals surface area contributed by atoms with Crippen LogP contribution in [0.2, 0.25) is 0 Å². The lowest BCUT2D eigenvalue weighted by Gasteiger charge is -2.23. The highest BCUT2D eigenvalue weighted by Gasteiger charge is 2.31. The molecule has 0 unspecified atom stereocenters. The molecule has 0 spiro atoms. The lowest BCUT2D eigenvalue weighted by Crippen LogP contribution is -2.33. The SMILES string of the molecule is COC(=O)c1ccc(CN(C(=O)Oc2ccc([N+](=O)[O-])cc2)c2cccc(C(F)(F)F)c2)cc1. The maximum atomic E-state index is 13.2. The number of non-ortho nitro benzene ring substituents is 1. The summed E-state index contributed by atoms with van der Waals surface area (Å²) in [4.78, 5) is 35.7. The Balaban J connectivity index is 1.92. The molecule has 176 valence electrons. The van der Waals surface area contributed by atoms with Crippen LogP contribution in [0.3, 0.4) is 0 Å². The molecule has 0 radical (unpaired) electrons. The minimum atomic E-state index is -4.63. The monoisotopic (exact) mass is 474 g/mol. The van der Waals surface area contributed by atoms with Crippen molar-refractivity contribution in [1.29, 1.82) is 0 Å². The molecule has 11 heteroatoms. The molecular formula is C23H17F3N2O6. The van der Waals surface area contributed by atoms with Crippen molar-refractivity contribution in [3.63, 3.8) is 0 Å². The standard InChI is InChI=1S/C23H17F3N2O6/c1-33-21(29)16-7-5-15(6-8-16)14-27(19-4-2-3-17(13-19)23(24,25)26)22(30)34-20-11-9-18(10-12-20)28(31)32/h2-13H,14H2,1H3. The number of methoxy groups -OCH3 is 1. The third-order valence-electron chi connectivity index (χ3n) is 4.67. The van der Waals surface area contributed by atoms with Crippen LogP contribution in [0.1, 0.15) is 21.5 Å². The number of alkyl halides is 3. The zero-order valence-corrected chi connectivity index (χ0v) is 17.6. The Labute approximate surface area is 191 Å². The first kappa shape index (κ1) is 24.2. The van der Waals surface area contributed by atoms with Gasteiger partial charge in [0.05, 0.1) is 29.7 Å². The summed E-state index contributed by atoms with van der Waals surface area (Å²) in [6.45, 7) is -0.186. The number of hydrogen-bond donors (Lipinski definition) is 0. The summed E-state index contributed by atoms with van der Waals surface area (Å²) < 4.78 is 49.6. The van der Waals surface area contributed by atoms with E-state index in [1.807, 2.05) is 0 Å². The quantitative estimate of drug-likeness (QED) is 0.262. The molecule has 0 bridgehead atoms. The molecule has 1 amide bonds. The van der Waals surface area contributed by atoms with Crippen LogP contribution in [0.25, 0.3) is 0 Å². The van der Waals surface area contributed by atoms with Crippen LogP contribution in [0.15, 0.2) is 72.8 Å². The lowest BCUT2D eigenvalue weighted by molar-refractivity contribution is -0.384. The van der Waals surface area contributed by atoms with Crippen LogP contribution in [-0.4, -0.2) is 24.1 Å². The number of rotatable bonds is 6. The zero-order chi connectivity index (χ0) is 24.9. The Morgan fingerprint density at radius 2 is 1.65 bits per heavy atom. The lowest BCUT2D eigenvalue weighted by atomic mass is 10.1. The zero-order valence-electron chi connectivity index (χ0n) is 17.6. The smallest absolute Gasteiger partial charge is 0.420 e. The largest absolute Gasteiger partial charge is 0.465 e. The van der Waals surface area contributed by atoms with Crippen LogP contribution in [0.4, 0.5) is 29.3 Å². The molecule has 0 aliphatic rings. The Morgan fingerprint density at radius 1 is 1.00 bits per heavy atom. The number of nitro benzene ring substituents is 1. The highest BCUT2D eigenvalue weighted by atomic mass is 19.4. The summed E-state index contributed by atoms with van der Waals surface area (Å²) in [5.41, 5.74) is -0.519. The van der Waals surface area contributed by atoms with Crippen molar-refractivity contribution < 1.29 is 37.2 Å². The van der Waals surface area contributed by atoms with E-state index in [0.717, 1.165) is 35.2 Å². The predicted octanol–water partition coefficient (Wildman–Crippen LogP) is 5.61. The summed E-state index contributed by atoms with van der Waals surface area (Å²) in [5.74, 6) is -0.604. The van der Waals surface area contributed by atoms with E-state index in [1.165, 1.54) is 49.6 Å². The Morgan fingerprint density at radius 3 is 2.21 bits per heavy atom. The maximum absolute atomic E-state index is 13.2. The second-order valence-electron chi connectivity index (χ2n) is 6.94. The Hall–Kier alpha value is -4.41. The molecule has 3 rings (SSSR count). The Bertz CT molecular complexity index is 1190. The van der Waals surface area contributed by atoms with Gasteiger partial charge in [-0.15, -0.1) is 0 Å². The van der Waals surface area contributed by atoms with Crippen molar-refractivity contribution in [1.82, 2.24) is 0 Å². The summed E-state index contributed by atoms with van der Waals surface area (Å²) >= 11 is 0. The molecule has 0 aromatic heterocycles. The topological polar surface area (TPSA) is 99.0 Å². The van der Waals surface area contributed by atoms with Gasteiger partial charge in [-0.2, -0.15) is 13.2 Å². The molecule has 34 heavy (non-hydrogen) atoms. The second kappa shape index (κ2) is 10.0. The Kier molecular flexibility index (Phi) is 7.15. The molecule has 0 N–H and O–H groups in total. The fourth-order valence-corrected chi connectivity index (χ4v) is 2.95. The molecule has 3 aromatic carbocycles. The van der Waals surface area contributed by atoms with E-state index in [9.17, 15) is 32.9 Å². The van der Waals surface area contributed by atoms with E-state index >= 15 is 0 Å². The molecule has 0 atom stereocenters. The minimum Gasteiger partial charge on any atom is -0.465 e. The average Bonchev–Trinajstić information content (AvgIpc) is 2.82. The van der Waals surface area contributed by atoms with Gasteiger partial charge in [0.2, 0.25) is 0 Å². The highest BCUT2D eigenvalue weighted by Crippen LogP contribution is 2.32. The number of anilines is 1. The molecule has 0 saturated carbocycles. The summed E-state index contributed by atoms with van der Waals surface area (Å²) in [6, 6.07) is 14.7. The summed E-state index contributed by atoms with van der Waals surface area (Å²) in [7, 11) is 1.22. The number of nitro groups is 1. The van der Waals surface area contributed by atoms with Crippen LogP contribution in [-0.2, 0) is 17.5 Å². The fourth-order valence-electron chi connectivity index (χ4n) is 2.95. The summed E-state index contributed by atoms with van der Waals surface area (Å²) in [6.07, 6.45) is -5.64. The second-order valence-corrected chi connectivity index (χ2v) is 6.94. The first-order chi connectivity index (χ1) is 16.1. The van der Waals surface area contributed by atoms with E-state index < -0.39 is 28.7 Å². The van der Waals surface area contributed by atoms with Gasteiger partial charge in [-0.05, 0) is 48.0 Å². The van der Waals surface area contributed by atoms with Gasteiger partial charge in [-0.1, -0.05) is 18.2 Å². The number of hydrogen-bond acceptors (Lipinski definition) is 6. The molecule has 0 saturated heterocycles.